The van der Waals surface area contributed by atoms with Crippen molar-refractivity contribution >= 4 is 18.1 Å². The van der Waals surface area contributed by atoms with Crippen LogP contribution in [0, 0.1) is 0 Å². The van der Waals surface area contributed by atoms with E-state index in [1.54, 1.807) is 18.3 Å². The van der Waals surface area contributed by atoms with E-state index >= 15 is 0 Å². The van der Waals surface area contributed by atoms with E-state index in [9.17, 15) is 0 Å². The van der Waals surface area contributed by atoms with Crippen LogP contribution in [0.2, 0.25) is 0 Å². The molecule has 1 aromatic rings. The number of aliphatic imine (C=N–C) groups is 1. The van der Waals surface area contributed by atoms with Crippen molar-refractivity contribution in [2.24, 2.45) is 4.99 Å². The van der Waals surface area contributed by atoms with Crippen molar-refractivity contribution in [3.63, 3.8) is 0 Å². The molecule has 1 aliphatic heterocycles. The van der Waals surface area contributed by atoms with Gasteiger partial charge in [-0.3, -0.25) is 4.99 Å². The third kappa shape index (κ3) is 3.24. The van der Waals surface area contributed by atoms with Crippen molar-refractivity contribution in [2.45, 2.75) is 38.5 Å². The summed E-state index contributed by atoms with van der Waals surface area (Å²) in [5.41, 5.74) is 5.93. The first kappa shape index (κ1) is 15.1. The van der Waals surface area contributed by atoms with E-state index in [2.05, 4.69) is 12.1 Å². The molecular formula is C17H22ClNO. The van der Waals surface area contributed by atoms with Crippen molar-refractivity contribution < 1.29 is 4.74 Å². The van der Waals surface area contributed by atoms with Gasteiger partial charge in [-0.15, -0.1) is 12.4 Å². The summed E-state index contributed by atoms with van der Waals surface area (Å²) in [6.45, 7) is 0.990. The zero-order chi connectivity index (χ0) is 13.1. The number of nitrogens with zero attached hydrogens (tertiary/aromatic N) is 1. The van der Waals surface area contributed by atoms with E-state index in [0.717, 1.165) is 18.7 Å². The number of halogens is 1. The fraction of sp³-hybridized carbons (Fsp3) is 0.471. The predicted octanol–water partition coefficient (Wildman–Crippen LogP) is 4.37. The molecule has 0 saturated carbocycles. The summed E-state index contributed by atoms with van der Waals surface area (Å²) in [5, 5.41) is 0. The molecule has 0 saturated heterocycles. The SMILES string of the molecule is COc1ccc(CC2=NCCC3=C2CCCC3)cc1.Cl. The first-order chi connectivity index (χ1) is 9.36. The lowest BCUT2D eigenvalue weighted by molar-refractivity contribution is 0.414. The van der Waals surface area contributed by atoms with Gasteiger partial charge in [-0.25, -0.2) is 0 Å². The quantitative estimate of drug-likeness (QED) is 0.810. The number of allylic oxidation sites excluding steroid dienone is 1. The summed E-state index contributed by atoms with van der Waals surface area (Å²) in [5.74, 6) is 0.923. The van der Waals surface area contributed by atoms with Gasteiger partial charge in [0.15, 0.2) is 0 Å². The maximum atomic E-state index is 5.21. The second kappa shape index (κ2) is 6.94. The maximum Gasteiger partial charge on any atom is 0.118 e. The van der Waals surface area contributed by atoms with Crippen LogP contribution in [0.4, 0.5) is 0 Å². The maximum absolute atomic E-state index is 5.21. The third-order valence-electron chi connectivity index (χ3n) is 4.18. The van der Waals surface area contributed by atoms with Gasteiger partial charge >= 0.3 is 0 Å². The Labute approximate surface area is 127 Å². The molecule has 0 N–H and O–H groups in total. The average molecular weight is 292 g/mol. The Morgan fingerprint density at radius 2 is 1.80 bits per heavy atom. The lowest BCUT2D eigenvalue weighted by Gasteiger charge is -2.25. The molecule has 0 amide bonds. The number of rotatable bonds is 3. The normalized spacial score (nSPS) is 17.9. The van der Waals surface area contributed by atoms with E-state index in [4.69, 9.17) is 9.73 Å². The number of benzene rings is 1. The summed E-state index contributed by atoms with van der Waals surface area (Å²) in [4.78, 5) is 4.78. The lowest BCUT2D eigenvalue weighted by atomic mass is 9.84. The zero-order valence-electron chi connectivity index (χ0n) is 12.0. The Morgan fingerprint density at radius 3 is 2.55 bits per heavy atom. The molecule has 0 radical (unpaired) electrons. The molecule has 0 fully saturated rings. The summed E-state index contributed by atoms with van der Waals surface area (Å²) in [6, 6.07) is 8.38. The van der Waals surface area contributed by atoms with Crippen LogP contribution in [0.5, 0.6) is 5.75 Å². The molecule has 108 valence electrons. The highest BCUT2D eigenvalue weighted by Gasteiger charge is 2.20. The minimum atomic E-state index is 0. The fourth-order valence-electron chi connectivity index (χ4n) is 3.11. The molecule has 0 bridgehead atoms. The number of ether oxygens (including phenoxy) is 1. The summed E-state index contributed by atoms with van der Waals surface area (Å²) in [7, 11) is 1.71. The van der Waals surface area contributed by atoms with E-state index in [1.165, 1.54) is 43.4 Å². The molecule has 0 unspecified atom stereocenters. The van der Waals surface area contributed by atoms with Gasteiger partial charge in [0.2, 0.25) is 0 Å². The third-order valence-corrected chi connectivity index (χ3v) is 4.18. The molecule has 0 spiro atoms. The van der Waals surface area contributed by atoms with Crippen LogP contribution in [-0.2, 0) is 6.42 Å². The van der Waals surface area contributed by atoms with Crippen molar-refractivity contribution in [3.05, 3.63) is 41.0 Å². The molecule has 1 aromatic carbocycles. The largest absolute Gasteiger partial charge is 0.497 e. The van der Waals surface area contributed by atoms with Crippen LogP contribution in [0.25, 0.3) is 0 Å². The van der Waals surface area contributed by atoms with Gasteiger partial charge in [0.25, 0.3) is 0 Å². The Morgan fingerprint density at radius 1 is 1.05 bits per heavy atom. The summed E-state index contributed by atoms with van der Waals surface area (Å²) < 4.78 is 5.21. The van der Waals surface area contributed by atoms with Crippen molar-refractivity contribution in [3.8, 4) is 5.75 Å². The fourth-order valence-corrected chi connectivity index (χ4v) is 3.11. The van der Waals surface area contributed by atoms with E-state index < -0.39 is 0 Å². The first-order valence-corrected chi connectivity index (χ1v) is 7.24. The van der Waals surface area contributed by atoms with Crippen molar-refractivity contribution in [1.82, 2.24) is 0 Å². The highest BCUT2D eigenvalue weighted by molar-refractivity contribution is 6.02. The van der Waals surface area contributed by atoms with Gasteiger partial charge in [0.05, 0.1) is 7.11 Å². The standard InChI is InChI=1S/C17H21NO.ClH/c1-19-15-8-6-13(7-9-15)12-17-16-5-3-2-4-14(16)10-11-18-17;/h6-9H,2-5,10-12H2,1H3;1H. The zero-order valence-corrected chi connectivity index (χ0v) is 12.8. The molecule has 20 heavy (non-hydrogen) atoms. The van der Waals surface area contributed by atoms with Crippen LogP contribution in [0.3, 0.4) is 0 Å². The number of methoxy groups -OCH3 is 1. The summed E-state index contributed by atoms with van der Waals surface area (Å²) in [6.07, 6.45) is 7.42. The smallest absolute Gasteiger partial charge is 0.118 e. The van der Waals surface area contributed by atoms with Gasteiger partial charge in [0, 0.05) is 18.7 Å². The van der Waals surface area contributed by atoms with E-state index in [-0.39, 0.29) is 12.4 Å². The Bertz CT molecular complexity index is 516. The molecule has 1 heterocycles. The van der Waals surface area contributed by atoms with Gasteiger partial charge in [-0.1, -0.05) is 17.7 Å². The van der Waals surface area contributed by atoms with Crippen molar-refractivity contribution in [1.29, 1.82) is 0 Å². The molecule has 3 rings (SSSR count). The first-order valence-electron chi connectivity index (χ1n) is 7.24. The Kier molecular flexibility index (Phi) is 5.24. The second-order valence-electron chi connectivity index (χ2n) is 5.39. The minimum Gasteiger partial charge on any atom is -0.497 e. The highest BCUT2D eigenvalue weighted by atomic mass is 35.5. The Balaban J connectivity index is 0.00000147. The van der Waals surface area contributed by atoms with E-state index in [0.29, 0.717) is 0 Å². The van der Waals surface area contributed by atoms with Crippen LogP contribution in [-0.4, -0.2) is 19.4 Å². The van der Waals surface area contributed by atoms with E-state index in [1.807, 2.05) is 12.1 Å². The van der Waals surface area contributed by atoms with Crippen molar-refractivity contribution in [2.75, 3.05) is 13.7 Å². The molecule has 1 aliphatic carbocycles. The number of dihydropyridines is 1. The van der Waals surface area contributed by atoms with Gasteiger partial charge in [-0.2, -0.15) is 0 Å². The average Bonchev–Trinajstić information content (AvgIpc) is 2.48. The lowest BCUT2D eigenvalue weighted by Crippen LogP contribution is -2.18. The molecule has 2 aliphatic rings. The van der Waals surface area contributed by atoms with Gasteiger partial charge in [-0.05, 0) is 55.4 Å². The number of hydrogen-bond donors (Lipinski definition) is 0. The monoisotopic (exact) mass is 291 g/mol. The van der Waals surface area contributed by atoms with Gasteiger partial charge in [0.1, 0.15) is 5.75 Å². The predicted molar refractivity (Wildman–Crippen MR) is 86.4 cm³/mol. The van der Waals surface area contributed by atoms with Gasteiger partial charge < -0.3 is 4.74 Å². The topological polar surface area (TPSA) is 21.6 Å². The van der Waals surface area contributed by atoms with Crippen LogP contribution in [0.1, 0.15) is 37.7 Å². The van der Waals surface area contributed by atoms with Crippen LogP contribution in [0.15, 0.2) is 40.4 Å². The van der Waals surface area contributed by atoms with Crippen LogP contribution >= 0.6 is 12.4 Å². The Hall–Kier alpha value is -1.28. The molecule has 2 nitrogen and oxygen atoms in total. The second-order valence-corrected chi connectivity index (χ2v) is 5.39. The molecule has 0 aromatic heterocycles. The molecule has 3 heteroatoms. The molecular weight excluding hydrogens is 270 g/mol. The minimum absolute atomic E-state index is 0. The van der Waals surface area contributed by atoms with Crippen LogP contribution < -0.4 is 4.74 Å². The highest BCUT2D eigenvalue weighted by Crippen LogP contribution is 2.31. The summed E-state index contributed by atoms with van der Waals surface area (Å²) >= 11 is 0. The molecule has 0 atom stereocenters. The number of hydrogen-bond acceptors (Lipinski definition) is 2.